The van der Waals surface area contributed by atoms with Crippen molar-refractivity contribution in [2.45, 2.75) is 27.4 Å². The second kappa shape index (κ2) is 9.56. The maximum absolute atomic E-state index is 12.4. The van der Waals surface area contributed by atoms with Crippen LogP contribution >= 0.6 is 0 Å². The van der Waals surface area contributed by atoms with Crippen LogP contribution in [-0.4, -0.2) is 12.6 Å². The molecule has 4 heteroatoms. The van der Waals surface area contributed by atoms with E-state index >= 15 is 0 Å². The van der Waals surface area contributed by atoms with E-state index in [4.69, 9.17) is 14.2 Å². The van der Waals surface area contributed by atoms with Crippen LogP contribution in [0.15, 0.2) is 78.4 Å². The first-order valence-electron chi connectivity index (χ1n) is 10.7. The van der Waals surface area contributed by atoms with Gasteiger partial charge in [0, 0.05) is 5.56 Å². The lowest BCUT2D eigenvalue weighted by molar-refractivity contribution is -0.130. The molecule has 0 spiro atoms. The summed E-state index contributed by atoms with van der Waals surface area (Å²) in [5.41, 5.74) is 5.66. The van der Waals surface area contributed by atoms with Crippen molar-refractivity contribution in [1.29, 1.82) is 0 Å². The van der Waals surface area contributed by atoms with E-state index in [2.05, 4.69) is 19.1 Å². The molecule has 0 aromatic heterocycles. The highest BCUT2D eigenvalue weighted by Crippen LogP contribution is 2.32. The van der Waals surface area contributed by atoms with Crippen LogP contribution in [0.1, 0.15) is 34.7 Å². The van der Waals surface area contributed by atoms with Gasteiger partial charge in [0.25, 0.3) is 0 Å². The molecule has 0 amide bonds. The molecule has 4 nitrogen and oxygen atoms in total. The van der Waals surface area contributed by atoms with Crippen molar-refractivity contribution in [2.75, 3.05) is 6.61 Å². The largest absolute Gasteiger partial charge is 0.490 e. The molecule has 0 atom stereocenters. The van der Waals surface area contributed by atoms with E-state index in [-0.39, 0.29) is 5.97 Å². The standard InChI is InChI=1S/C28H26O4/c1-4-30-27-16-21(10-13-25(27)31-18-22-7-5-6-20(3)14-22)15-24-17-26(32-28(24)29)23-11-8-19(2)9-12-23/h5-17H,4,18H2,1-3H3/b24-15+. The molecule has 162 valence electrons. The fourth-order valence-corrected chi connectivity index (χ4v) is 3.49. The van der Waals surface area contributed by atoms with Crippen molar-refractivity contribution in [1.82, 2.24) is 0 Å². The lowest BCUT2D eigenvalue weighted by Crippen LogP contribution is -2.00. The summed E-state index contributed by atoms with van der Waals surface area (Å²) in [6, 6.07) is 21.8. The summed E-state index contributed by atoms with van der Waals surface area (Å²) < 4.78 is 17.3. The Bertz CT molecular complexity index is 1190. The molecule has 0 unspecified atom stereocenters. The van der Waals surface area contributed by atoms with Gasteiger partial charge >= 0.3 is 5.97 Å². The van der Waals surface area contributed by atoms with Gasteiger partial charge in [0.15, 0.2) is 11.5 Å². The van der Waals surface area contributed by atoms with Crippen molar-refractivity contribution < 1.29 is 19.0 Å². The minimum atomic E-state index is -0.363. The molecule has 3 aromatic rings. The number of hydrogen-bond donors (Lipinski definition) is 0. The summed E-state index contributed by atoms with van der Waals surface area (Å²) in [5, 5.41) is 0. The number of carbonyl (C=O) groups excluding carboxylic acids is 1. The highest BCUT2D eigenvalue weighted by molar-refractivity contribution is 6.05. The summed E-state index contributed by atoms with van der Waals surface area (Å²) in [6.45, 7) is 6.98. The molecule has 0 bridgehead atoms. The average molecular weight is 427 g/mol. The Labute approximate surface area is 188 Å². The topological polar surface area (TPSA) is 44.8 Å². The second-order valence-corrected chi connectivity index (χ2v) is 7.78. The molecule has 0 N–H and O–H groups in total. The van der Waals surface area contributed by atoms with Gasteiger partial charge in [0.2, 0.25) is 0 Å². The Hall–Kier alpha value is -3.79. The third-order valence-corrected chi connectivity index (χ3v) is 5.13. The fourth-order valence-electron chi connectivity index (χ4n) is 3.49. The second-order valence-electron chi connectivity index (χ2n) is 7.78. The maximum atomic E-state index is 12.4. The van der Waals surface area contributed by atoms with Crippen molar-refractivity contribution >= 4 is 17.8 Å². The maximum Gasteiger partial charge on any atom is 0.343 e. The van der Waals surface area contributed by atoms with Crippen molar-refractivity contribution in [3.8, 4) is 11.5 Å². The van der Waals surface area contributed by atoms with Gasteiger partial charge in [0.1, 0.15) is 12.4 Å². The molecule has 0 saturated heterocycles. The highest BCUT2D eigenvalue weighted by Gasteiger charge is 2.22. The Kier molecular flexibility index (Phi) is 6.41. The quantitative estimate of drug-likeness (QED) is 0.330. The van der Waals surface area contributed by atoms with Gasteiger partial charge in [0.05, 0.1) is 12.2 Å². The molecule has 1 heterocycles. The number of aryl methyl sites for hydroxylation is 2. The van der Waals surface area contributed by atoms with Crippen LogP contribution in [0.4, 0.5) is 0 Å². The van der Waals surface area contributed by atoms with Crippen molar-refractivity contribution in [3.63, 3.8) is 0 Å². The third-order valence-electron chi connectivity index (χ3n) is 5.13. The van der Waals surface area contributed by atoms with Crippen LogP contribution in [0.3, 0.4) is 0 Å². The van der Waals surface area contributed by atoms with E-state index in [0.29, 0.717) is 36.0 Å². The lowest BCUT2D eigenvalue weighted by atomic mass is 10.1. The van der Waals surface area contributed by atoms with E-state index in [1.165, 1.54) is 5.56 Å². The number of esters is 1. The minimum absolute atomic E-state index is 0.363. The molecule has 1 aliphatic rings. The average Bonchev–Trinajstić information content (AvgIpc) is 3.14. The van der Waals surface area contributed by atoms with Gasteiger partial charge in [-0.1, -0.05) is 65.7 Å². The number of hydrogen-bond acceptors (Lipinski definition) is 4. The number of carbonyl (C=O) groups is 1. The number of benzene rings is 3. The van der Waals surface area contributed by atoms with Gasteiger partial charge in [-0.2, -0.15) is 0 Å². The summed E-state index contributed by atoms with van der Waals surface area (Å²) in [4.78, 5) is 12.4. The van der Waals surface area contributed by atoms with E-state index in [1.54, 1.807) is 12.2 Å². The van der Waals surface area contributed by atoms with Crippen LogP contribution in [0.2, 0.25) is 0 Å². The molecule has 3 aromatic carbocycles. The summed E-state index contributed by atoms with van der Waals surface area (Å²) in [6.07, 6.45) is 3.58. The zero-order valence-corrected chi connectivity index (χ0v) is 18.6. The van der Waals surface area contributed by atoms with E-state index in [0.717, 1.165) is 22.3 Å². The SMILES string of the molecule is CCOc1cc(/C=C2\C=C(c3ccc(C)cc3)OC2=O)ccc1OCc1cccc(C)c1. The molecule has 4 rings (SSSR count). The first-order valence-corrected chi connectivity index (χ1v) is 10.7. The number of rotatable bonds is 7. The Morgan fingerprint density at radius 3 is 2.44 bits per heavy atom. The van der Waals surface area contributed by atoms with Gasteiger partial charge in [-0.05, 0) is 56.2 Å². The lowest BCUT2D eigenvalue weighted by Gasteiger charge is -2.13. The van der Waals surface area contributed by atoms with E-state index < -0.39 is 0 Å². The predicted octanol–water partition coefficient (Wildman–Crippen LogP) is 6.26. The predicted molar refractivity (Wildman–Crippen MR) is 126 cm³/mol. The van der Waals surface area contributed by atoms with Gasteiger partial charge < -0.3 is 14.2 Å². The fraction of sp³-hybridized carbons (Fsp3) is 0.179. The number of ether oxygens (including phenoxy) is 3. The van der Waals surface area contributed by atoms with Crippen LogP contribution < -0.4 is 9.47 Å². The van der Waals surface area contributed by atoms with E-state index in [1.807, 2.05) is 68.4 Å². The Morgan fingerprint density at radius 1 is 0.875 bits per heavy atom. The van der Waals surface area contributed by atoms with Crippen LogP contribution in [0.25, 0.3) is 11.8 Å². The van der Waals surface area contributed by atoms with Gasteiger partial charge in [-0.25, -0.2) is 4.79 Å². The van der Waals surface area contributed by atoms with Crippen molar-refractivity contribution in [2.24, 2.45) is 0 Å². The van der Waals surface area contributed by atoms with Gasteiger partial charge in [-0.15, -0.1) is 0 Å². The summed E-state index contributed by atoms with van der Waals surface area (Å²) >= 11 is 0. The van der Waals surface area contributed by atoms with Crippen LogP contribution in [0.5, 0.6) is 11.5 Å². The molecular formula is C28H26O4. The molecule has 32 heavy (non-hydrogen) atoms. The zero-order valence-electron chi connectivity index (χ0n) is 18.6. The van der Waals surface area contributed by atoms with E-state index in [9.17, 15) is 4.79 Å². The molecule has 0 radical (unpaired) electrons. The zero-order chi connectivity index (χ0) is 22.5. The normalized spacial score (nSPS) is 14.3. The Morgan fingerprint density at radius 2 is 1.69 bits per heavy atom. The first kappa shape index (κ1) is 21.4. The molecule has 0 aliphatic carbocycles. The number of cyclic esters (lactones) is 1. The van der Waals surface area contributed by atoms with Crippen LogP contribution in [-0.2, 0) is 16.1 Å². The summed E-state index contributed by atoms with van der Waals surface area (Å²) in [7, 11) is 0. The van der Waals surface area contributed by atoms with Gasteiger partial charge in [-0.3, -0.25) is 0 Å². The third kappa shape index (κ3) is 5.09. The molecule has 0 fully saturated rings. The molecule has 1 aliphatic heterocycles. The Balaban J connectivity index is 1.55. The first-order chi connectivity index (χ1) is 15.5. The minimum Gasteiger partial charge on any atom is -0.490 e. The highest BCUT2D eigenvalue weighted by atomic mass is 16.5. The van der Waals surface area contributed by atoms with Crippen LogP contribution in [0, 0.1) is 13.8 Å². The van der Waals surface area contributed by atoms with Crippen molar-refractivity contribution in [3.05, 3.63) is 106 Å². The summed E-state index contributed by atoms with van der Waals surface area (Å²) in [5.74, 6) is 1.51. The molecule has 0 saturated carbocycles. The smallest absolute Gasteiger partial charge is 0.343 e. The monoisotopic (exact) mass is 426 g/mol. The molecular weight excluding hydrogens is 400 g/mol.